The molecule has 0 unspecified atom stereocenters. The molecule has 1 aromatic carbocycles. The van der Waals surface area contributed by atoms with E-state index in [2.05, 4.69) is 20.9 Å². The van der Waals surface area contributed by atoms with Crippen molar-refractivity contribution in [3.05, 3.63) is 28.6 Å². The number of benzene rings is 1. The van der Waals surface area contributed by atoms with Crippen LogP contribution in [-0.4, -0.2) is 4.98 Å². The number of hydrogen-bond acceptors (Lipinski definition) is 3. The number of nitrogens with zero attached hydrogens (tertiary/aromatic N) is 1. The Balaban J connectivity index is 2.78. The third-order valence-electron chi connectivity index (χ3n) is 1.69. The van der Waals surface area contributed by atoms with Crippen LogP contribution in [0.4, 0.5) is 0 Å². The van der Waals surface area contributed by atoms with Gasteiger partial charge in [0, 0.05) is 28.0 Å². The second-order valence-corrected chi connectivity index (χ2v) is 3.11. The summed E-state index contributed by atoms with van der Waals surface area (Å²) in [5.74, 6) is 0. The minimum Gasteiger partial charge on any atom is -0.431 e. The highest BCUT2D eigenvalue weighted by Gasteiger charge is 2.05. The lowest BCUT2D eigenvalue weighted by molar-refractivity contribution is 0.566. The summed E-state index contributed by atoms with van der Waals surface area (Å²) in [5.41, 5.74) is 8.11. The van der Waals surface area contributed by atoms with Crippen molar-refractivity contribution >= 4 is 27.0 Å². The molecule has 62 valence electrons. The summed E-state index contributed by atoms with van der Waals surface area (Å²) in [5, 5.41) is 0. The van der Waals surface area contributed by atoms with E-state index >= 15 is 0 Å². The lowest BCUT2D eigenvalue weighted by Gasteiger charge is -1.94. The van der Waals surface area contributed by atoms with Gasteiger partial charge in [0.2, 0.25) is 0 Å². The Morgan fingerprint density at radius 2 is 2.33 bits per heavy atom. The summed E-state index contributed by atoms with van der Waals surface area (Å²) >= 11 is 3.17. The highest BCUT2D eigenvalue weighted by atomic mass is 79.9. The molecular weight excluding hydrogens is 220 g/mol. The number of hydrogen-bond donors (Lipinski definition) is 1. The van der Waals surface area contributed by atoms with E-state index in [1.807, 2.05) is 18.2 Å². The van der Waals surface area contributed by atoms with Gasteiger partial charge in [0.05, 0.1) is 0 Å². The third-order valence-corrected chi connectivity index (χ3v) is 2.03. The number of fused-ring (bicyclic) bond motifs is 1. The van der Waals surface area contributed by atoms with Crippen LogP contribution in [0.1, 0.15) is 5.56 Å². The van der Waals surface area contributed by atoms with E-state index in [9.17, 15) is 0 Å². The molecule has 0 aliphatic rings. The molecule has 4 heteroatoms. The van der Waals surface area contributed by atoms with E-state index in [1.165, 1.54) is 0 Å². The maximum Gasteiger partial charge on any atom is 0.265 e. The number of nitrogens with two attached hydrogens (primary N) is 1. The van der Waals surface area contributed by atoms with Crippen LogP contribution in [0, 0.1) is 0 Å². The van der Waals surface area contributed by atoms with E-state index in [1.54, 1.807) is 0 Å². The van der Waals surface area contributed by atoms with Crippen LogP contribution >= 0.6 is 15.9 Å². The standard InChI is InChI=1S/C8H7BrN2O/c9-8-11-6-3-1-2-5(4-10)7(6)12-8/h1-3H,4,10H2. The van der Waals surface area contributed by atoms with Gasteiger partial charge in [0.25, 0.3) is 4.80 Å². The van der Waals surface area contributed by atoms with Crippen LogP contribution in [0.25, 0.3) is 11.1 Å². The van der Waals surface area contributed by atoms with Crippen LogP contribution in [0.2, 0.25) is 0 Å². The molecule has 0 spiro atoms. The zero-order valence-electron chi connectivity index (χ0n) is 6.25. The van der Waals surface area contributed by atoms with Crippen molar-refractivity contribution < 1.29 is 4.42 Å². The Labute approximate surface area is 77.7 Å². The smallest absolute Gasteiger partial charge is 0.265 e. The lowest BCUT2D eigenvalue weighted by Crippen LogP contribution is -1.95. The highest BCUT2D eigenvalue weighted by molar-refractivity contribution is 9.10. The lowest BCUT2D eigenvalue weighted by atomic mass is 10.2. The second kappa shape index (κ2) is 2.88. The first-order valence-electron chi connectivity index (χ1n) is 3.55. The first-order valence-corrected chi connectivity index (χ1v) is 4.34. The van der Waals surface area contributed by atoms with Gasteiger partial charge < -0.3 is 10.2 Å². The summed E-state index contributed by atoms with van der Waals surface area (Å²) in [7, 11) is 0. The van der Waals surface area contributed by atoms with Gasteiger partial charge in [0.15, 0.2) is 5.58 Å². The van der Waals surface area contributed by atoms with Gasteiger partial charge in [-0.15, -0.1) is 0 Å². The molecular formula is C8H7BrN2O. The molecule has 0 aliphatic carbocycles. The Hall–Kier alpha value is -0.870. The van der Waals surface area contributed by atoms with Gasteiger partial charge in [-0.1, -0.05) is 12.1 Å². The molecule has 2 N–H and O–H groups in total. The monoisotopic (exact) mass is 226 g/mol. The minimum absolute atomic E-state index is 0.471. The van der Waals surface area contributed by atoms with Gasteiger partial charge in [-0.25, -0.2) is 4.98 Å². The zero-order chi connectivity index (χ0) is 8.55. The maximum atomic E-state index is 5.52. The Morgan fingerprint density at radius 1 is 1.50 bits per heavy atom. The van der Waals surface area contributed by atoms with Crippen LogP contribution in [0.5, 0.6) is 0 Å². The van der Waals surface area contributed by atoms with Crippen molar-refractivity contribution in [1.29, 1.82) is 0 Å². The predicted octanol–water partition coefficient (Wildman–Crippen LogP) is 2.05. The summed E-state index contributed by atoms with van der Waals surface area (Å²) in [4.78, 5) is 4.61. The van der Waals surface area contributed by atoms with Crippen molar-refractivity contribution in [2.75, 3.05) is 0 Å². The molecule has 12 heavy (non-hydrogen) atoms. The highest BCUT2D eigenvalue weighted by Crippen LogP contribution is 2.22. The van der Waals surface area contributed by atoms with Gasteiger partial charge in [-0.3, -0.25) is 0 Å². The van der Waals surface area contributed by atoms with Crippen LogP contribution in [-0.2, 0) is 6.54 Å². The topological polar surface area (TPSA) is 52.0 Å². The average Bonchev–Trinajstić information content (AvgIpc) is 2.44. The fraction of sp³-hybridized carbons (Fsp3) is 0.125. The molecule has 0 fully saturated rings. The fourth-order valence-electron chi connectivity index (χ4n) is 1.14. The van der Waals surface area contributed by atoms with Crippen molar-refractivity contribution in [1.82, 2.24) is 4.98 Å². The molecule has 0 saturated carbocycles. The van der Waals surface area contributed by atoms with E-state index in [0.717, 1.165) is 16.7 Å². The molecule has 0 radical (unpaired) electrons. The molecule has 0 bridgehead atoms. The number of para-hydroxylation sites is 1. The zero-order valence-corrected chi connectivity index (χ0v) is 7.84. The van der Waals surface area contributed by atoms with Crippen molar-refractivity contribution in [3.8, 4) is 0 Å². The first-order chi connectivity index (χ1) is 5.81. The average molecular weight is 227 g/mol. The molecule has 2 aromatic rings. The van der Waals surface area contributed by atoms with Crippen molar-refractivity contribution in [2.45, 2.75) is 6.54 Å². The largest absolute Gasteiger partial charge is 0.431 e. The molecule has 0 saturated heterocycles. The third kappa shape index (κ3) is 1.13. The fourth-order valence-corrected chi connectivity index (χ4v) is 1.49. The SMILES string of the molecule is NCc1cccc2nc(Br)oc12. The van der Waals surface area contributed by atoms with E-state index in [-0.39, 0.29) is 0 Å². The number of rotatable bonds is 1. The molecule has 0 aliphatic heterocycles. The van der Waals surface area contributed by atoms with Crippen LogP contribution in [0.15, 0.2) is 27.4 Å². The van der Waals surface area contributed by atoms with Crippen LogP contribution < -0.4 is 5.73 Å². The van der Waals surface area contributed by atoms with Gasteiger partial charge in [-0.05, 0) is 6.07 Å². The first kappa shape index (κ1) is 7.76. The second-order valence-electron chi connectivity index (χ2n) is 2.44. The Bertz CT molecular complexity index is 410. The van der Waals surface area contributed by atoms with E-state index < -0.39 is 0 Å². The summed E-state index contributed by atoms with van der Waals surface area (Å²) < 4.78 is 5.32. The molecule has 0 amide bonds. The Kier molecular flexibility index (Phi) is 1.86. The molecule has 1 aromatic heterocycles. The summed E-state index contributed by atoms with van der Waals surface area (Å²) in [6.45, 7) is 0.471. The van der Waals surface area contributed by atoms with Crippen molar-refractivity contribution in [3.63, 3.8) is 0 Å². The number of aromatic nitrogens is 1. The normalized spacial score (nSPS) is 10.8. The van der Waals surface area contributed by atoms with Gasteiger partial charge in [0.1, 0.15) is 5.52 Å². The van der Waals surface area contributed by atoms with Crippen LogP contribution in [0.3, 0.4) is 0 Å². The predicted molar refractivity (Wildman–Crippen MR) is 49.6 cm³/mol. The van der Waals surface area contributed by atoms with E-state index in [4.69, 9.17) is 10.2 Å². The molecule has 3 nitrogen and oxygen atoms in total. The summed E-state index contributed by atoms with van der Waals surface area (Å²) in [6, 6.07) is 5.74. The number of halogens is 1. The summed E-state index contributed by atoms with van der Waals surface area (Å²) in [6.07, 6.45) is 0. The number of oxazole rings is 1. The molecule has 1 heterocycles. The molecule has 2 rings (SSSR count). The quantitative estimate of drug-likeness (QED) is 0.810. The molecule has 0 atom stereocenters. The Morgan fingerprint density at radius 3 is 3.08 bits per heavy atom. The van der Waals surface area contributed by atoms with E-state index in [0.29, 0.717) is 11.3 Å². The van der Waals surface area contributed by atoms with Gasteiger partial charge in [-0.2, -0.15) is 0 Å². The van der Waals surface area contributed by atoms with Gasteiger partial charge >= 0.3 is 0 Å². The van der Waals surface area contributed by atoms with Crippen molar-refractivity contribution in [2.24, 2.45) is 5.73 Å². The minimum atomic E-state index is 0.471. The maximum absolute atomic E-state index is 5.52.